The minimum atomic E-state index is -0.823. The van der Waals surface area contributed by atoms with Crippen molar-refractivity contribution in [2.75, 3.05) is 13.9 Å². The molecule has 86 valence electrons. The highest BCUT2D eigenvalue weighted by atomic mass is 16.7. The van der Waals surface area contributed by atoms with E-state index >= 15 is 0 Å². The van der Waals surface area contributed by atoms with Crippen LogP contribution in [0.1, 0.15) is 12.0 Å². The molecule has 16 heavy (non-hydrogen) atoms. The molecule has 0 bridgehead atoms. The van der Waals surface area contributed by atoms with E-state index in [1.165, 1.54) is 7.11 Å². The molecule has 0 saturated carbocycles. The second-order valence-electron chi connectivity index (χ2n) is 3.43. The summed E-state index contributed by atoms with van der Waals surface area (Å²) in [7, 11) is 1.54. The van der Waals surface area contributed by atoms with Gasteiger partial charge in [0.25, 0.3) is 0 Å². The Kier molecular flexibility index (Phi) is 2.85. The summed E-state index contributed by atoms with van der Waals surface area (Å²) >= 11 is 0. The number of aryl methyl sites for hydroxylation is 1. The van der Waals surface area contributed by atoms with Gasteiger partial charge >= 0.3 is 5.97 Å². The summed E-state index contributed by atoms with van der Waals surface area (Å²) in [4.78, 5) is 10.5. The van der Waals surface area contributed by atoms with Crippen molar-refractivity contribution >= 4 is 5.97 Å². The van der Waals surface area contributed by atoms with Crippen LogP contribution in [0.5, 0.6) is 17.2 Å². The number of ether oxygens (including phenoxy) is 3. The van der Waals surface area contributed by atoms with Crippen LogP contribution in [0.4, 0.5) is 0 Å². The number of hydrogen-bond donors (Lipinski definition) is 1. The van der Waals surface area contributed by atoms with Gasteiger partial charge in [-0.25, -0.2) is 0 Å². The monoisotopic (exact) mass is 224 g/mol. The first-order valence-electron chi connectivity index (χ1n) is 4.89. The van der Waals surface area contributed by atoms with Crippen LogP contribution in [0.2, 0.25) is 0 Å². The quantitative estimate of drug-likeness (QED) is 0.838. The third-order valence-electron chi connectivity index (χ3n) is 2.35. The minimum Gasteiger partial charge on any atom is -0.493 e. The number of methoxy groups -OCH3 is 1. The Balaban J connectivity index is 2.24. The summed E-state index contributed by atoms with van der Waals surface area (Å²) in [6.45, 7) is 0.175. The molecule has 5 nitrogen and oxygen atoms in total. The zero-order valence-corrected chi connectivity index (χ0v) is 8.86. The Morgan fingerprint density at radius 3 is 3.00 bits per heavy atom. The largest absolute Gasteiger partial charge is 0.493 e. The van der Waals surface area contributed by atoms with Gasteiger partial charge in [-0.05, 0) is 24.1 Å². The van der Waals surface area contributed by atoms with E-state index in [2.05, 4.69) is 0 Å². The maximum atomic E-state index is 10.5. The predicted molar refractivity (Wildman–Crippen MR) is 55.1 cm³/mol. The van der Waals surface area contributed by atoms with E-state index in [4.69, 9.17) is 19.3 Å². The average Bonchev–Trinajstić information content (AvgIpc) is 2.73. The smallest absolute Gasteiger partial charge is 0.303 e. The number of carboxylic acids is 1. The molecule has 1 aromatic carbocycles. The molecule has 0 aliphatic carbocycles. The Hall–Kier alpha value is -1.91. The molecular weight excluding hydrogens is 212 g/mol. The lowest BCUT2D eigenvalue weighted by Gasteiger charge is -2.07. The van der Waals surface area contributed by atoms with Crippen LogP contribution in [0.15, 0.2) is 12.1 Å². The van der Waals surface area contributed by atoms with Gasteiger partial charge in [0.2, 0.25) is 12.5 Å². The first-order valence-corrected chi connectivity index (χ1v) is 4.89. The molecule has 0 unspecified atom stereocenters. The average molecular weight is 224 g/mol. The van der Waals surface area contributed by atoms with E-state index in [1.807, 2.05) is 0 Å². The molecule has 0 spiro atoms. The fraction of sp³-hybridized carbons (Fsp3) is 0.364. The van der Waals surface area contributed by atoms with Gasteiger partial charge < -0.3 is 19.3 Å². The molecule has 0 atom stereocenters. The topological polar surface area (TPSA) is 65.0 Å². The number of benzene rings is 1. The summed E-state index contributed by atoms with van der Waals surface area (Å²) in [6, 6.07) is 3.56. The van der Waals surface area contributed by atoms with Crippen molar-refractivity contribution in [1.82, 2.24) is 0 Å². The predicted octanol–water partition coefficient (Wildman–Crippen LogP) is 1.44. The number of fused-ring (bicyclic) bond motifs is 1. The second kappa shape index (κ2) is 4.30. The first kappa shape index (κ1) is 10.6. The summed E-state index contributed by atoms with van der Waals surface area (Å²) in [6.07, 6.45) is 0.533. The van der Waals surface area contributed by atoms with E-state index in [1.54, 1.807) is 12.1 Å². The Bertz CT molecular complexity index is 413. The molecule has 1 heterocycles. The third-order valence-corrected chi connectivity index (χ3v) is 2.35. The number of carboxylic acid groups (broad SMARTS) is 1. The molecule has 5 heteroatoms. The normalized spacial score (nSPS) is 12.6. The number of rotatable bonds is 4. The summed E-state index contributed by atoms with van der Waals surface area (Å²) in [5, 5.41) is 8.61. The van der Waals surface area contributed by atoms with Crippen molar-refractivity contribution in [2.45, 2.75) is 12.8 Å². The lowest BCUT2D eigenvalue weighted by Crippen LogP contribution is -1.98. The molecule has 0 amide bonds. The van der Waals surface area contributed by atoms with Crippen molar-refractivity contribution in [3.05, 3.63) is 17.7 Å². The zero-order valence-electron chi connectivity index (χ0n) is 8.86. The van der Waals surface area contributed by atoms with Gasteiger partial charge in [-0.2, -0.15) is 0 Å². The third kappa shape index (κ3) is 2.03. The van der Waals surface area contributed by atoms with E-state index in [-0.39, 0.29) is 13.2 Å². The molecule has 1 aromatic rings. The Morgan fingerprint density at radius 2 is 2.31 bits per heavy atom. The van der Waals surface area contributed by atoms with E-state index in [0.29, 0.717) is 23.7 Å². The summed E-state index contributed by atoms with van der Waals surface area (Å²) in [5.41, 5.74) is 0.864. The minimum absolute atomic E-state index is 0.0861. The standard InChI is InChI=1S/C11H12O5/c1-14-8-4-7(2-3-10(12)13)5-9-11(8)16-6-15-9/h4-5H,2-3,6H2,1H3,(H,12,13). The van der Waals surface area contributed by atoms with Crippen molar-refractivity contribution < 1.29 is 24.1 Å². The SMILES string of the molecule is COc1cc(CCC(=O)O)cc2c1OCO2. The van der Waals surface area contributed by atoms with Gasteiger partial charge in [0.15, 0.2) is 11.5 Å². The number of hydrogen-bond acceptors (Lipinski definition) is 4. The lowest BCUT2D eigenvalue weighted by atomic mass is 10.1. The highest BCUT2D eigenvalue weighted by Gasteiger charge is 2.20. The van der Waals surface area contributed by atoms with Gasteiger partial charge in [0.1, 0.15) is 0 Å². The van der Waals surface area contributed by atoms with Gasteiger partial charge in [-0.3, -0.25) is 4.79 Å². The lowest BCUT2D eigenvalue weighted by molar-refractivity contribution is -0.136. The van der Waals surface area contributed by atoms with Crippen LogP contribution >= 0.6 is 0 Å². The number of aliphatic carboxylic acids is 1. The Labute approximate surface area is 92.5 Å². The zero-order chi connectivity index (χ0) is 11.5. The Morgan fingerprint density at radius 1 is 1.50 bits per heavy atom. The van der Waals surface area contributed by atoms with Crippen molar-refractivity contribution in [1.29, 1.82) is 0 Å². The maximum absolute atomic E-state index is 10.5. The van der Waals surface area contributed by atoms with Crippen LogP contribution in [0, 0.1) is 0 Å². The molecule has 0 saturated heterocycles. The fourth-order valence-electron chi connectivity index (χ4n) is 1.58. The highest BCUT2D eigenvalue weighted by Crippen LogP contribution is 2.41. The molecule has 1 aliphatic heterocycles. The molecule has 1 aliphatic rings. The van der Waals surface area contributed by atoms with E-state index < -0.39 is 5.97 Å². The highest BCUT2D eigenvalue weighted by molar-refractivity contribution is 5.67. The fourth-order valence-corrected chi connectivity index (χ4v) is 1.58. The van der Waals surface area contributed by atoms with Gasteiger partial charge in [0, 0.05) is 6.42 Å². The molecule has 1 N–H and O–H groups in total. The van der Waals surface area contributed by atoms with E-state index in [0.717, 1.165) is 5.56 Å². The first-order chi connectivity index (χ1) is 7.70. The van der Waals surface area contributed by atoms with Crippen LogP contribution in [0.3, 0.4) is 0 Å². The van der Waals surface area contributed by atoms with Crippen molar-refractivity contribution in [3.63, 3.8) is 0 Å². The van der Waals surface area contributed by atoms with Gasteiger partial charge in [-0.1, -0.05) is 0 Å². The van der Waals surface area contributed by atoms with Gasteiger partial charge in [-0.15, -0.1) is 0 Å². The van der Waals surface area contributed by atoms with Crippen molar-refractivity contribution in [3.8, 4) is 17.2 Å². The van der Waals surface area contributed by atoms with Gasteiger partial charge in [0.05, 0.1) is 7.11 Å². The second-order valence-corrected chi connectivity index (χ2v) is 3.43. The van der Waals surface area contributed by atoms with E-state index in [9.17, 15) is 4.79 Å². The van der Waals surface area contributed by atoms with Crippen LogP contribution in [-0.4, -0.2) is 25.0 Å². The molecule has 0 radical (unpaired) electrons. The van der Waals surface area contributed by atoms with Crippen molar-refractivity contribution in [2.24, 2.45) is 0 Å². The van der Waals surface area contributed by atoms with Crippen LogP contribution in [0.25, 0.3) is 0 Å². The molecule has 0 fully saturated rings. The molecule has 2 rings (SSSR count). The molecular formula is C11H12O5. The summed E-state index contributed by atoms with van der Waals surface area (Å²) in [5.74, 6) is 0.952. The maximum Gasteiger partial charge on any atom is 0.303 e. The molecule has 0 aromatic heterocycles. The summed E-state index contributed by atoms with van der Waals surface area (Å²) < 4.78 is 15.6. The van der Waals surface area contributed by atoms with Crippen LogP contribution < -0.4 is 14.2 Å². The number of carbonyl (C=O) groups is 1. The van der Waals surface area contributed by atoms with Crippen LogP contribution in [-0.2, 0) is 11.2 Å².